The van der Waals surface area contributed by atoms with Gasteiger partial charge < -0.3 is 15.1 Å². The standard InChI is InChI=1S/C24H29N3O3/c1-3-16(2)26-24(29)22(19-7-5-4-6-8-19)27-23(28)21-14-13-20(30-21)18-11-9-17(15-25)10-12-18/h9-14,16,19,22H,3-8H2,1-2H3,(H,26,29)(H,27,28). The lowest BCUT2D eigenvalue weighted by atomic mass is 9.83. The first-order valence-electron chi connectivity index (χ1n) is 10.7. The van der Waals surface area contributed by atoms with Gasteiger partial charge in [0, 0.05) is 11.6 Å². The van der Waals surface area contributed by atoms with E-state index in [4.69, 9.17) is 9.68 Å². The molecule has 0 radical (unpaired) electrons. The minimum Gasteiger partial charge on any atom is -0.451 e. The molecule has 0 aliphatic heterocycles. The van der Waals surface area contributed by atoms with E-state index in [2.05, 4.69) is 16.7 Å². The summed E-state index contributed by atoms with van der Waals surface area (Å²) >= 11 is 0. The number of hydrogen-bond donors (Lipinski definition) is 2. The molecule has 0 bridgehead atoms. The van der Waals surface area contributed by atoms with Gasteiger partial charge in [0.2, 0.25) is 5.91 Å². The van der Waals surface area contributed by atoms with Crippen LogP contribution in [0, 0.1) is 17.2 Å². The van der Waals surface area contributed by atoms with Gasteiger partial charge in [-0.25, -0.2) is 0 Å². The first-order valence-corrected chi connectivity index (χ1v) is 10.7. The lowest BCUT2D eigenvalue weighted by molar-refractivity contribution is -0.125. The zero-order chi connectivity index (χ0) is 21.5. The molecule has 1 aromatic heterocycles. The number of nitrogens with one attached hydrogen (secondary N) is 2. The van der Waals surface area contributed by atoms with E-state index in [1.54, 1.807) is 36.4 Å². The van der Waals surface area contributed by atoms with Crippen molar-refractivity contribution in [2.75, 3.05) is 0 Å². The molecule has 158 valence electrons. The first-order chi connectivity index (χ1) is 14.5. The highest BCUT2D eigenvalue weighted by Crippen LogP contribution is 2.28. The van der Waals surface area contributed by atoms with Crippen LogP contribution in [0.4, 0.5) is 0 Å². The maximum atomic E-state index is 12.9. The highest BCUT2D eigenvalue weighted by molar-refractivity contribution is 5.96. The average molecular weight is 408 g/mol. The average Bonchev–Trinajstić information content (AvgIpc) is 3.28. The van der Waals surface area contributed by atoms with Gasteiger partial charge in [-0.2, -0.15) is 5.26 Å². The van der Waals surface area contributed by atoms with E-state index in [-0.39, 0.29) is 29.5 Å². The predicted octanol–water partition coefficient (Wildman–Crippen LogP) is 4.41. The maximum Gasteiger partial charge on any atom is 0.287 e. The fourth-order valence-electron chi connectivity index (χ4n) is 3.84. The van der Waals surface area contributed by atoms with Gasteiger partial charge in [-0.05, 0) is 68.5 Å². The molecule has 2 amide bonds. The normalized spacial score (nSPS) is 16.3. The Balaban J connectivity index is 1.73. The second-order valence-electron chi connectivity index (χ2n) is 8.02. The molecule has 1 heterocycles. The lowest BCUT2D eigenvalue weighted by Gasteiger charge is -2.30. The molecule has 2 atom stereocenters. The number of carbonyl (C=O) groups is 2. The second kappa shape index (κ2) is 10.1. The number of hydrogen-bond acceptors (Lipinski definition) is 4. The van der Waals surface area contributed by atoms with Gasteiger partial charge in [0.15, 0.2) is 5.76 Å². The quantitative estimate of drug-likeness (QED) is 0.711. The number of furan rings is 1. The van der Waals surface area contributed by atoms with Gasteiger partial charge in [0.05, 0.1) is 11.6 Å². The van der Waals surface area contributed by atoms with Crippen LogP contribution in [0.5, 0.6) is 0 Å². The molecule has 0 saturated heterocycles. The van der Waals surface area contributed by atoms with Crippen LogP contribution in [0.2, 0.25) is 0 Å². The monoisotopic (exact) mass is 407 g/mol. The number of nitrogens with zero attached hydrogens (tertiary/aromatic N) is 1. The molecule has 2 unspecified atom stereocenters. The highest BCUT2D eigenvalue weighted by Gasteiger charge is 2.32. The molecular formula is C24H29N3O3. The third-order valence-corrected chi connectivity index (χ3v) is 5.82. The van der Waals surface area contributed by atoms with E-state index in [0.717, 1.165) is 37.7 Å². The van der Waals surface area contributed by atoms with Crippen LogP contribution in [0.15, 0.2) is 40.8 Å². The Kier molecular flexibility index (Phi) is 7.29. The number of rotatable bonds is 7. The van der Waals surface area contributed by atoms with E-state index in [1.807, 2.05) is 13.8 Å². The highest BCUT2D eigenvalue weighted by atomic mass is 16.3. The van der Waals surface area contributed by atoms with Crippen LogP contribution in [0.1, 0.15) is 68.5 Å². The molecule has 3 rings (SSSR count). The van der Waals surface area contributed by atoms with Gasteiger partial charge >= 0.3 is 0 Å². The van der Waals surface area contributed by atoms with E-state index in [1.165, 1.54) is 6.42 Å². The maximum absolute atomic E-state index is 12.9. The third-order valence-electron chi connectivity index (χ3n) is 5.82. The Hall–Kier alpha value is -3.07. The summed E-state index contributed by atoms with van der Waals surface area (Å²) in [4.78, 5) is 25.8. The molecule has 1 fully saturated rings. The van der Waals surface area contributed by atoms with Crippen LogP contribution in [-0.2, 0) is 4.79 Å². The summed E-state index contributed by atoms with van der Waals surface area (Å²) in [5.41, 5.74) is 1.34. The summed E-state index contributed by atoms with van der Waals surface area (Å²) in [7, 11) is 0. The molecule has 30 heavy (non-hydrogen) atoms. The SMILES string of the molecule is CCC(C)NC(=O)C(NC(=O)c1ccc(-c2ccc(C#N)cc2)o1)C1CCCCC1. The van der Waals surface area contributed by atoms with Gasteiger partial charge in [-0.1, -0.05) is 26.2 Å². The number of amides is 2. The van der Waals surface area contributed by atoms with Gasteiger partial charge in [0.1, 0.15) is 11.8 Å². The molecule has 6 nitrogen and oxygen atoms in total. The van der Waals surface area contributed by atoms with Crippen molar-refractivity contribution in [1.29, 1.82) is 5.26 Å². The van der Waals surface area contributed by atoms with Gasteiger partial charge in [0.25, 0.3) is 5.91 Å². The molecule has 1 aliphatic rings. The van der Waals surface area contributed by atoms with Crippen molar-refractivity contribution in [3.63, 3.8) is 0 Å². The zero-order valence-corrected chi connectivity index (χ0v) is 17.6. The van der Waals surface area contributed by atoms with E-state index in [0.29, 0.717) is 11.3 Å². The Labute approximate surface area is 177 Å². The fourth-order valence-corrected chi connectivity index (χ4v) is 3.84. The van der Waals surface area contributed by atoms with Crippen molar-refractivity contribution >= 4 is 11.8 Å². The molecule has 2 N–H and O–H groups in total. The summed E-state index contributed by atoms with van der Waals surface area (Å²) in [5.74, 6) is 0.349. The van der Waals surface area contributed by atoms with E-state index in [9.17, 15) is 9.59 Å². The second-order valence-corrected chi connectivity index (χ2v) is 8.02. The summed E-state index contributed by atoms with van der Waals surface area (Å²) in [6.45, 7) is 3.99. The van der Waals surface area contributed by atoms with Gasteiger partial charge in [-0.3, -0.25) is 9.59 Å². The molecule has 2 aromatic rings. The Morgan fingerprint density at radius 1 is 1.10 bits per heavy atom. The number of benzene rings is 1. The molecule has 6 heteroatoms. The third kappa shape index (κ3) is 5.29. The van der Waals surface area contributed by atoms with Crippen LogP contribution in [-0.4, -0.2) is 23.9 Å². The molecule has 1 saturated carbocycles. The number of carbonyl (C=O) groups excluding carboxylic acids is 2. The minimum atomic E-state index is -0.560. The summed E-state index contributed by atoms with van der Waals surface area (Å²) in [5, 5.41) is 14.9. The Morgan fingerprint density at radius 3 is 2.43 bits per heavy atom. The van der Waals surface area contributed by atoms with Crippen LogP contribution < -0.4 is 10.6 Å². The molecule has 0 spiro atoms. The summed E-state index contributed by atoms with van der Waals surface area (Å²) in [6, 6.07) is 11.9. The van der Waals surface area contributed by atoms with Crippen LogP contribution >= 0.6 is 0 Å². The van der Waals surface area contributed by atoms with Crippen molar-refractivity contribution in [2.24, 2.45) is 5.92 Å². The van der Waals surface area contributed by atoms with E-state index >= 15 is 0 Å². The fraction of sp³-hybridized carbons (Fsp3) is 0.458. The lowest BCUT2D eigenvalue weighted by Crippen LogP contribution is -2.53. The minimum absolute atomic E-state index is 0.0621. The smallest absolute Gasteiger partial charge is 0.287 e. The van der Waals surface area contributed by atoms with Gasteiger partial charge in [-0.15, -0.1) is 0 Å². The van der Waals surface area contributed by atoms with Crippen molar-refractivity contribution in [2.45, 2.75) is 64.5 Å². The molecular weight excluding hydrogens is 378 g/mol. The number of nitriles is 1. The topological polar surface area (TPSA) is 95.1 Å². The summed E-state index contributed by atoms with van der Waals surface area (Å²) in [6.07, 6.45) is 6.05. The summed E-state index contributed by atoms with van der Waals surface area (Å²) < 4.78 is 5.75. The Bertz CT molecular complexity index is 905. The largest absolute Gasteiger partial charge is 0.451 e. The van der Waals surface area contributed by atoms with Crippen molar-refractivity contribution < 1.29 is 14.0 Å². The van der Waals surface area contributed by atoms with Crippen LogP contribution in [0.3, 0.4) is 0 Å². The molecule has 1 aromatic carbocycles. The van der Waals surface area contributed by atoms with Crippen LogP contribution in [0.25, 0.3) is 11.3 Å². The Morgan fingerprint density at radius 2 is 1.80 bits per heavy atom. The predicted molar refractivity (Wildman–Crippen MR) is 115 cm³/mol. The van der Waals surface area contributed by atoms with Crippen molar-refractivity contribution in [3.8, 4) is 17.4 Å². The van der Waals surface area contributed by atoms with Crippen molar-refractivity contribution in [1.82, 2.24) is 10.6 Å². The molecule has 1 aliphatic carbocycles. The van der Waals surface area contributed by atoms with E-state index < -0.39 is 6.04 Å². The first kappa shape index (κ1) is 21.6. The van der Waals surface area contributed by atoms with Crippen molar-refractivity contribution in [3.05, 3.63) is 47.7 Å². The zero-order valence-electron chi connectivity index (χ0n) is 17.6.